The third-order valence-corrected chi connectivity index (χ3v) is 3.72. The Morgan fingerprint density at radius 1 is 1.05 bits per heavy atom. The van der Waals surface area contributed by atoms with E-state index < -0.39 is 0 Å². The Kier molecular flexibility index (Phi) is 7.68. The van der Waals surface area contributed by atoms with Crippen LogP contribution in [0.1, 0.15) is 65.0 Å². The number of para-hydroxylation sites is 1. The van der Waals surface area contributed by atoms with Crippen LogP contribution in [0.2, 0.25) is 0 Å². The Hall–Kier alpha value is -1.02. The lowest BCUT2D eigenvalue weighted by atomic mass is 9.86. The van der Waals surface area contributed by atoms with Crippen LogP contribution >= 0.6 is 0 Å². The van der Waals surface area contributed by atoms with Crippen molar-refractivity contribution >= 4 is 0 Å². The predicted octanol–water partition coefficient (Wildman–Crippen LogP) is 4.95. The van der Waals surface area contributed by atoms with Crippen LogP contribution in [0, 0.1) is 5.92 Å². The van der Waals surface area contributed by atoms with Gasteiger partial charge in [0, 0.05) is 11.6 Å². The van der Waals surface area contributed by atoms with Crippen molar-refractivity contribution < 1.29 is 4.74 Å². The average Bonchev–Trinajstić information content (AvgIpc) is 2.41. The van der Waals surface area contributed by atoms with E-state index in [0.29, 0.717) is 12.0 Å². The van der Waals surface area contributed by atoms with Crippen LogP contribution < -0.4 is 10.1 Å². The van der Waals surface area contributed by atoms with E-state index in [0.717, 1.165) is 5.75 Å². The van der Waals surface area contributed by atoms with Crippen LogP contribution in [0.4, 0.5) is 0 Å². The molecule has 0 fully saturated rings. The van der Waals surface area contributed by atoms with Crippen molar-refractivity contribution in [2.45, 2.75) is 65.5 Å². The molecular weight excluding hydrogens is 246 g/mol. The monoisotopic (exact) mass is 277 g/mol. The minimum absolute atomic E-state index is 0.212. The van der Waals surface area contributed by atoms with Gasteiger partial charge in [0.05, 0.1) is 6.10 Å². The summed E-state index contributed by atoms with van der Waals surface area (Å²) in [6, 6.07) is 8.85. The zero-order valence-electron chi connectivity index (χ0n) is 13.8. The second-order valence-corrected chi connectivity index (χ2v) is 5.81. The number of rotatable bonds is 9. The van der Waals surface area contributed by atoms with Crippen LogP contribution in [-0.4, -0.2) is 13.2 Å². The first-order chi connectivity index (χ1) is 9.63. The molecule has 0 bridgehead atoms. The minimum atomic E-state index is 0.212. The van der Waals surface area contributed by atoms with Crippen molar-refractivity contribution in [2.24, 2.45) is 5.92 Å². The SMILES string of the molecule is CCCC(CCC)C(NC)c1ccccc1OC(C)C. The quantitative estimate of drug-likeness (QED) is 0.689. The average molecular weight is 277 g/mol. The lowest BCUT2D eigenvalue weighted by Gasteiger charge is -2.29. The zero-order chi connectivity index (χ0) is 15.0. The minimum Gasteiger partial charge on any atom is -0.491 e. The topological polar surface area (TPSA) is 21.3 Å². The van der Waals surface area contributed by atoms with Gasteiger partial charge in [-0.25, -0.2) is 0 Å². The lowest BCUT2D eigenvalue weighted by molar-refractivity contribution is 0.232. The molecule has 0 aliphatic heterocycles. The van der Waals surface area contributed by atoms with Crippen LogP contribution in [0.3, 0.4) is 0 Å². The molecule has 2 heteroatoms. The molecule has 1 aromatic carbocycles. The van der Waals surface area contributed by atoms with Crippen molar-refractivity contribution in [1.82, 2.24) is 5.32 Å². The molecule has 2 nitrogen and oxygen atoms in total. The Balaban J connectivity index is 3.03. The molecular formula is C18H31NO. The summed E-state index contributed by atoms with van der Waals surface area (Å²) in [6.07, 6.45) is 5.20. The second kappa shape index (κ2) is 9.02. The molecule has 1 aromatic rings. The van der Waals surface area contributed by atoms with Crippen LogP contribution in [-0.2, 0) is 0 Å². The molecule has 1 rings (SSSR count). The van der Waals surface area contributed by atoms with Crippen molar-refractivity contribution in [3.63, 3.8) is 0 Å². The molecule has 0 aliphatic rings. The highest BCUT2D eigenvalue weighted by molar-refractivity contribution is 5.36. The molecule has 20 heavy (non-hydrogen) atoms. The van der Waals surface area contributed by atoms with Crippen molar-refractivity contribution in [3.05, 3.63) is 29.8 Å². The highest BCUT2D eigenvalue weighted by Crippen LogP contribution is 2.34. The summed E-state index contributed by atoms with van der Waals surface area (Å²) in [5, 5.41) is 3.52. The van der Waals surface area contributed by atoms with Gasteiger partial charge in [-0.05, 0) is 45.7 Å². The molecule has 0 spiro atoms. The predicted molar refractivity (Wildman–Crippen MR) is 87.3 cm³/mol. The first kappa shape index (κ1) is 17.0. The molecule has 0 amide bonds. The number of ether oxygens (including phenoxy) is 1. The van der Waals surface area contributed by atoms with E-state index in [1.54, 1.807) is 0 Å². The van der Waals surface area contributed by atoms with E-state index in [-0.39, 0.29) is 6.10 Å². The Labute approximate surface area is 124 Å². The molecule has 1 atom stereocenters. The third kappa shape index (κ3) is 4.82. The normalized spacial score (nSPS) is 12.9. The Bertz CT molecular complexity index is 369. The van der Waals surface area contributed by atoms with Crippen molar-refractivity contribution in [2.75, 3.05) is 7.05 Å². The van der Waals surface area contributed by atoms with E-state index in [1.807, 2.05) is 0 Å². The molecule has 1 unspecified atom stereocenters. The highest BCUT2D eigenvalue weighted by atomic mass is 16.5. The van der Waals surface area contributed by atoms with Crippen molar-refractivity contribution in [1.29, 1.82) is 0 Å². The maximum atomic E-state index is 5.99. The fraction of sp³-hybridized carbons (Fsp3) is 0.667. The molecule has 0 aromatic heterocycles. The molecule has 0 aliphatic carbocycles. The van der Waals surface area contributed by atoms with Gasteiger partial charge in [0.1, 0.15) is 5.75 Å². The van der Waals surface area contributed by atoms with Crippen LogP contribution in [0.5, 0.6) is 5.75 Å². The van der Waals surface area contributed by atoms with Gasteiger partial charge in [-0.1, -0.05) is 44.9 Å². The first-order valence-corrected chi connectivity index (χ1v) is 8.06. The van der Waals surface area contributed by atoms with Gasteiger partial charge in [-0.3, -0.25) is 0 Å². The molecule has 0 saturated carbocycles. The Morgan fingerprint density at radius 3 is 2.15 bits per heavy atom. The Morgan fingerprint density at radius 2 is 1.65 bits per heavy atom. The lowest BCUT2D eigenvalue weighted by Crippen LogP contribution is -2.26. The van der Waals surface area contributed by atoms with Gasteiger partial charge in [0.15, 0.2) is 0 Å². The van der Waals surface area contributed by atoms with Gasteiger partial charge in [-0.15, -0.1) is 0 Å². The smallest absolute Gasteiger partial charge is 0.124 e. The summed E-state index contributed by atoms with van der Waals surface area (Å²) in [5.41, 5.74) is 1.30. The van der Waals surface area contributed by atoms with Gasteiger partial charge in [0.25, 0.3) is 0 Å². The number of benzene rings is 1. The molecule has 114 valence electrons. The first-order valence-electron chi connectivity index (χ1n) is 8.06. The summed E-state index contributed by atoms with van der Waals surface area (Å²) in [7, 11) is 2.06. The fourth-order valence-corrected chi connectivity index (χ4v) is 2.96. The largest absolute Gasteiger partial charge is 0.491 e. The maximum absolute atomic E-state index is 5.99. The molecule has 0 radical (unpaired) electrons. The summed E-state index contributed by atoms with van der Waals surface area (Å²) in [4.78, 5) is 0. The van der Waals surface area contributed by atoms with Crippen molar-refractivity contribution in [3.8, 4) is 5.75 Å². The van der Waals surface area contributed by atoms with E-state index in [2.05, 4.69) is 64.3 Å². The summed E-state index contributed by atoms with van der Waals surface area (Å²) in [6.45, 7) is 8.71. The van der Waals surface area contributed by atoms with Gasteiger partial charge < -0.3 is 10.1 Å². The van der Waals surface area contributed by atoms with E-state index in [1.165, 1.54) is 31.2 Å². The number of nitrogens with one attached hydrogen (secondary N) is 1. The fourth-order valence-electron chi connectivity index (χ4n) is 2.96. The summed E-state index contributed by atoms with van der Waals surface area (Å²) < 4.78 is 5.99. The molecule has 0 heterocycles. The summed E-state index contributed by atoms with van der Waals surface area (Å²) in [5.74, 6) is 1.70. The van der Waals surface area contributed by atoms with Gasteiger partial charge >= 0.3 is 0 Å². The van der Waals surface area contributed by atoms with E-state index in [4.69, 9.17) is 4.74 Å². The second-order valence-electron chi connectivity index (χ2n) is 5.81. The maximum Gasteiger partial charge on any atom is 0.124 e. The summed E-state index contributed by atoms with van der Waals surface area (Å²) >= 11 is 0. The van der Waals surface area contributed by atoms with E-state index in [9.17, 15) is 0 Å². The third-order valence-electron chi connectivity index (χ3n) is 3.72. The van der Waals surface area contributed by atoms with Crippen LogP contribution in [0.25, 0.3) is 0 Å². The highest BCUT2D eigenvalue weighted by Gasteiger charge is 2.23. The number of hydrogen-bond donors (Lipinski definition) is 1. The van der Waals surface area contributed by atoms with E-state index >= 15 is 0 Å². The van der Waals surface area contributed by atoms with Crippen LogP contribution in [0.15, 0.2) is 24.3 Å². The van der Waals surface area contributed by atoms with Gasteiger partial charge in [-0.2, -0.15) is 0 Å². The molecule has 0 saturated heterocycles. The number of hydrogen-bond acceptors (Lipinski definition) is 2. The zero-order valence-corrected chi connectivity index (χ0v) is 13.8. The van der Waals surface area contributed by atoms with Gasteiger partial charge in [0.2, 0.25) is 0 Å². The molecule has 1 N–H and O–H groups in total. The standard InChI is InChI=1S/C18H31NO/c1-6-10-15(11-7-2)18(19-5)16-12-8-9-13-17(16)20-14(3)4/h8-9,12-15,18-19H,6-7,10-11H2,1-5H3.